The first-order valence-electron chi connectivity index (χ1n) is 5.51. The van der Waals surface area contributed by atoms with E-state index in [0.29, 0.717) is 5.82 Å². The molecule has 2 N–H and O–H groups in total. The van der Waals surface area contributed by atoms with Crippen molar-refractivity contribution in [2.45, 2.75) is 39.0 Å². The molecular formula is C11H16BrN3. The average Bonchev–Trinajstić information content (AvgIpc) is 2.98. The van der Waals surface area contributed by atoms with Crippen molar-refractivity contribution < 1.29 is 0 Å². The lowest BCUT2D eigenvalue weighted by Gasteiger charge is -2.07. The zero-order valence-corrected chi connectivity index (χ0v) is 10.5. The molecule has 0 unspecified atom stereocenters. The molecule has 0 amide bonds. The SMILES string of the molecule is CCCc1nc(CC2CC2)nc(N)c1Br. The van der Waals surface area contributed by atoms with Gasteiger partial charge in [-0.1, -0.05) is 13.3 Å². The fraction of sp³-hybridized carbons (Fsp3) is 0.636. The van der Waals surface area contributed by atoms with Crippen LogP contribution in [0.5, 0.6) is 0 Å². The number of hydrogen-bond donors (Lipinski definition) is 1. The highest BCUT2D eigenvalue weighted by molar-refractivity contribution is 9.10. The average molecular weight is 270 g/mol. The van der Waals surface area contributed by atoms with Crippen LogP contribution >= 0.6 is 15.9 Å². The number of nitrogens with two attached hydrogens (primary N) is 1. The summed E-state index contributed by atoms with van der Waals surface area (Å²) in [5.74, 6) is 2.31. The zero-order valence-electron chi connectivity index (χ0n) is 8.96. The Morgan fingerprint density at radius 1 is 1.40 bits per heavy atom. The van der Waals surface area contributed by atoms with Crippen molar-refractivity contribution in [3.8, 4) is 0 Å². The molecule has 1 saturated carbocycles. The first-order chi connectivity index (χ1) is 7.20. The topological polar surface area (TPSA) is 51.8 Å². The van der Waals surface area contributed by atoms with E-state index in [1.807, 2.05) is 0 Å². The molecule has 1 aromatic rings. The molecule has 0 bridgehead atoms. The highest BCUT2D eigenvalue weighted by atomic mass is 79.9. The summed E-state index contributed by atoms with van der Waals surface area (Å²) in [7, 11) is 0. The Bertz CT molecular complexity index is 361. The van der Waals surface area contributed by atoms with E-state index >= 15 is 0 Å². The predicted molar refractivity (Wildman–Crippen MR) is 64.6 cm³/mol. The van der Waals surface area contributed by atoms with E-state index in [1.54, 1.807) is 0 Å². The van der Waals surface area contributed by atoms with Gasteiger partial charge in [0.2, 0.25) is 0 Å². The lowest BCUT2D eigenvalue weighted by Crippen LogP contribution is -2.06. The fourth-order valence-electron chi connectivity index (χ4n) is 1.64. The number of nitrogen functional groups attached to an aromatic ring is 1. The Morgan fingerprint density at radius 2 is 2.13 bits per heavy atom. The largest absolute Gasteiger partial charge is 0.383 e. The number of aromatic nitrogens is 2. The van der Waals surface area contributed by atoms with Gasteiger partial charge in [-0.2, -0.15) is 0 Å². The van der Waals surface area contributed by atoms with Crippen molar-refractivity contribution in [1.29, 1.82) is 0 Å². The molecule has 0 atom stereocenters. The Morgan fingerprint density at radius 3 is 2.73 bits per heavy atom. The van der Waals surface area contributed by atoms with Gasteiger partial charge in [-0.25, -0.2) is 9.97 Å². The molecule has 82 valence electrons. The van der Waals surface area contributed by atoms with Gasteiger partial charge in [0.25, 0.3) is 0 Å². The number of rotatable bonds is 4. The maximum absolute atomic E-state index is 5.85. The van der Waals surface area contributed by atoms with E-state index in [1.165, 1.54) is 12.8 Å². The minimum atomic E-state index is 0.587. The third kappa shape index (κ3) is 2.68. The summed E-state index contributed by atoms with van der Waals surface area (Å²) in [5, 5.41) is 0. The number of aryl methyl sites for hydroxylation is 1. The molecule has 0 saturated heterocycles. The smallest absolute Gasteiger partial charge is 0.141 e. The monoisotopic (exact) mass is 269 g/mol. The third-order valence-electron chi connectivity index (χ3n) is 2.65. The van der Waals surface area contributed by atoms with Crippen molar-refractivity contribution in [3.05, 3.63) is 16.0 Å². The fourth-order valence-corrected chi connectivity index (χ4v) is 2.02. The molecule has 1 aromatic heterocycles. The molecule has 0 spiro atoms. The summed E-state index contributed by atoms with van der Waals surface area (Å²) < 4.78 is 0.879. The Balaban J connectivity index is 2.23. The van der Waals surface area contributed by atoms with Gasteiger partial charge in [0.15, 0.2) is 0 Å². The predicted octanol–water partition coefficient (Wildman–Crippen LogP) is 2.73. The number of nitrogens with zero attached hydrogens (tertiary/aromatic N) is 2. The van der Waals surface area contributed by atoms with Crippen LogP contribution in [-0.4, -0.2) is 9.97 Å². The van der Waals surface area contributed by atoms with Crippen molar-refractivity contribution in [2.75, 3.05) is 5.73 Å². The first kappa shape index (κ1) is 10.9. The second-order valence-corrected chi connectivity index (χ2v) is 4.98. The van der Waals surface area contributed by atoms with Crippen LogP contribution in [0.1, 0.15) is 37.7 Å². The molecule has 2 rings (SSSR count). The van der Waals surface area contributed by atoms with Crippen LogP contribution in [0.15, 0.2) is 4.47 Å². The van der Waals surface area contributed by atoms with E-state index in [9.17, 15) is 0 Å². The quantitative estimate of drug-likeness (QED) is 0.915. The molecule has 0 aromatic carbocycles. The first-order valence-corrected chi connectivity index (χ1v) is 6.30. The second kappa shape index (κ2) is 4.47. The number of anilines is 1. The van der Waals surface area contributed by atoms with Gasteiger partial charge in [-0.3, -0.25) is 0 Å². The Kier molecular flexibility index (Phi) is 3.24. The standard InChI is InChI=1S/C11H16BrN3/c1-2-3-8-10(12)11(13)15-9(14-8)6-7-4-5-7/h7H,2-6H2,1H3,(H2,13,14,15). The van der Waals surface area contributed by atoms with Crippen LogP contribution in [0.2, 0.25) is 0 Å². The van der Waals surface area contributed by atoms with Gasteiger partial charge in [0.1, 0.15) is 11.6 Å². The molecular weight excluding hydrogens is 254 g/mol. The molecule has 0 aliphatic heterocycles. The summed E-state index contributed by atoms with van der Waals surface area (Å²) in [6.07, 6.45) is 5.68. The van der Waals surface area contributed by atoms with Crippen LogP contribution in [0.3, 0.4) is 0 Å². The van der Waals surface area contributed by atoms with Crippen LogP contribution < -0.4 is 5.73 Å². The normalized spacial score (nSPS) is 15.6. The third-order valence-corrected chi connectivity index (χ3v) is 3.51. The summed E-state index contributed by atoms with van der Waals surface area (Å²) in [4.78, 5) is 8.88. The van der Waals surface area contributed by atoms with Gasteiger partial charge in [0, 0.05) is 6.42 Å². The second-order valence-electron chi connectivity index (χ2n) is 4.18. The lowest BCUT2D eigenvalue weighted by atomic mass is 10.2. The van der Waals surface area contributed by atoms with Gasteiger partial charge in [-0.05, 0) is 41.1 Å². The van der Waals surface area contributed by atoms with Crippen LogP contribution in [-0.2, 0) is 12.8 Å². The van der Waals surface area contributed by atoms with Crippen LogP contribution in [0, 0.1) is 5.92 Å². The molecule has 15 heavy (non-hydrogen) atoms. The van der Waals surface area contributed by atoms with Gasteiger partial charge in [0.05, 0.1) is 10.2 Å². The minimum Gasteiger partial charge on any atom is -0.383 e. The molecule has 1 aliphatic rings. The maximum Gasteiger partial charge on any atom is 0.141 e. The van der Waals surface area contributed by atoms with Crippen LogP contribution in [0.25, 0.3) is 0 Å². The summed E-state index contributed by atoms with van der Waals surface area (Å²) in [6.45, 7) is 2.14. The number of halogens is 1. The lowest BCUT2D eigenvalue weighted by molar-refractivity contribution is 0.748. The zero-order chi connectivity index (χ0) is 10.8. The van der Waals surface area contributed by atoms with Crippen molar-refractivity contribution in [2.24, 2.45) is 5.92 Å². The van der Waals surface area contributed by atoms with E-state index in [0.717, 1.165) is 41.2 Å². The van der Waals surface area contributed by atoms with Crippen molar-refractivity contribution in [1.82, 2.24) is 9.97 Å². The van der Waals surface area contributed by atoms with E-state index in [2.05, 4.69) is 32.8 Å². The molecule has 1 heterocycles. The Hall–Kier alpha value is -0.640. The summed E-state index contributed by atoms with van der Waals surface area (Å²) in [6, 6.07) is 0. The van der Waals surface area contributed by atoms with Gasteiger partial charge in [-0.15, -0.1) is 0 Å². The highest BCUT2D eigenvalue weighted by Crippen LogP contribution is 2.32. The summed E-state index contributed by atoms with van der Waals surface area (Å²) >= 11 is 3.45. The Labute approximate surface area is 98.6 Å². The number of hydrogen-bond acceptors (Lipinski definition) is 3. The van der Waals surface area contributed by atoms with Crippen molar-refractivity contribution in [3.63, 3.8) is 0 Å². The molecule has 4 heteroatoms. The highest BCUT2D eigenvalue weighted by Gasteiger charge is 2.23. The minimum absolute atomic E-state index is 0.587. The molecule has 0 radical (unpaired) electrons. The molecule has 1 aliphatic carbocycles. The van der Waals surface area contributed by atoms with Gasteiger partial charge >= 0.3 is 0 Å². The maximum atomic E-state index is 5.85. The molecule has 1 fully saturated rings. The van der Waals surface area contributed by atoms with E-state index in [4.69, 9.17) is 5.73 Å². The van der Waals surface area contributed by atoms with E-state index < -0.39 is 0 Å². The summed E-state index contributed by atoms with van der Waals surface area (Å²) in [5.41, 5.74) is 6.91. The van der Waals surface area contributed by atoms with Gasteiger partial charge < -0.3 is 5.73 Å². The molecule has 3 nitrogen and oxygen atoms in total. The van der Waals surface area contributed by atoms with E-state index in [-0.39, 0.29) is 0 Å². The van der Waals surface area contributed by atoms with Crippen LogP contribution in [0.4, 0.5) is 5.82 Å². The van der Waals surface area contributed by atoms with Crippen molar-refractivity contribution >= 4 is 21.7 Å².